The summed E-state index contributed by atoms with van der Waals surface area (Å²) in [5.41, 5.74) is 0.320. The molecule has 0 saturated carbocycles. The Kier molecular flexibility index (Phi) is 4.22. The normalized spacial score (nSPS) is 10.3. The fourth-order valence-electron chi connectivity index (χ4n) is 1.43. The highest BCUT2D eigenvalue weighted by molar-refractivity contribution is 8.00. The lowest BCUT2D eigenvalue weighted by atomic mass is 10.2. The maximum absolute atomic E-state index is 11.3. The number of hydrogen-bond donors (Lipinski definition) is 1. The van der Waals surface area contributed by atoms with Gasteiger partial charge in [-0.15, -0.1) is 11.8 Å². The van der Waals surface area contributed by atoms with Gasteiger partial charge in [0.25, 0.3) is 0 Å². The average Bonchev–Trinajstić information content (AvgIpc) is 2.39. The van der Waals surface area contributed by atoms with E-state index >= 15 is 0 Å². The quantitative estimate of drug-likeness (QED) is 0.867. The number of nitrogens with zero attached hydrogens (tertiary/aromatic N) is 2. The Bertz CT molecular complexity index is 561. The second kappa shape index (κ2) is 5.88. The number of benzene rings is 1. The molecule has 0 unspecified atom stereocenters. The molecule has 0 radical (unpaired) electrons. The van der Waals surface area contributed by atoms with Gasteiger partial charge in [-0.3, -0.25) is 4.98 Å². The highest BCUT2D eigenvalue weighted by Gasteiger charge is 2.16. The summed E-state index contributed by atoms with van der Waals surface area (Å²) in [4.78, 5) is 20.8. The Balaban J connectivity index is 2.42. The number of aromatic nitrogens is 2. The van der Waals surface area contributed by atoms with Crippen molar-refractivity contribution in [1.29, 1.82) is 0 Å². The third-order valence-electron chi connectivity index (χ3n) is 2.18. The molecule has 4 nitrogen and oxygen atoms in total. The molecule has 0 aliphatic heterocycles. The first-order valence-electron chi connectivity index (χ1n) is 5.06. The lowest BCUT2D eigenvalue weighted by Gasteiger charge is -2.08. The van der Waals surface area contributed by atoms with Crippen LogP contribution in [0.3, 0.4) is 0 Å². The van der Waals surface area contributed by atoms with Gasteiger partial charge < -0.3 is 5.11 Å². The van der Waals surface area contributed by atoms with E-state index in [2.05, 4.69) is 9.97 Å². The zero-order valence-electron chi connectivity index (χ0n) is 9.53. The first-order chi connectivity index (χ1) is 8.72. The van der Waals surface area contributed by atoms with Crippen LogP contribution < -0.4 is 0 Å². The molecule has 0 bridgehead atoms. The predicted molar refractivity (Wildman–Crippen MR) is 71.3 cm³/mol. The minimum absolute atomic E-state index is 0.320. The SMILES string of the molecule is CSc1cccc(Sc2cnccn2)c1C(=O)O. The van der Waals surface area contributed by atoms with Crippen LogP contribution in [0.5, 0.6) is 0 Å². The van der Waals surface area contributed by atoms with Gasteiger partial charge in [0.05, 0.1) is 11.8 Å². The number of thioether (sulfide) groups is 1. The number of carbonyl (C=O) groups is 1. The number of rotatable bonds is 4. The van der Waals surface area contributed by atoms with Gasteiger partial charge in [-0.2, -0.15) is 0 Å². The van der Waals surface area contributed by atoms with Crippen molar-refractivity contribution in [3.05, 3.63) is 42.4 Å². The van der Waals surface area contributed by atoms with Crippen LogP contribution in [0, 0.1) is 0 Å². The van der Waals surface area contributed by atoms with Crippen molar-refractivity contribution in [2.75, 3.05) is 6.26 Å². The second-order valence-corrected chi connectivity index (χ2v) is 5.19. The van der Waals surface area contributed by atoms with E-state index in [9.17, 15) is 9.90 Å². The standard InChI is InChI=1S/C12H10N2O2S2/c1-17-8-3-2-4-9(11(8)12(15)16)18-10-7-13-5-6-14-10/h2-7H,1H3,(H,15,16). The lowest BCUT2D eigenvalue weighted by Crippen LogP contribution is -2.01. The van der Waals surface area contributed by atoms with Gasteiger partial charge in [-0.05, 0) is 18.4 Å². The summed E-state index contributed by atoms with van der Waals surface area (Å²) in [5.74, 6) is -0.925. The van der Waals surface area contributed by atoms with Gasteiger partial charge >= 0.3 is 5.97 Å². The minimum Gasteiger partial charge on any atom is -0.478 e. The van der Waals surface area contributed by atoms with E-state index in [4.69, 9.17) is 0 Å². The monoisotopic (exact) mass is 278 g/mol. The van der Waals surface area contributed by atoms with Gasteiger partial charge in [0.2, 0.25) is 0 Å². The van der Waals surface area contributed by atoms with E-state index < -0.39 is 5.97 Å². The Morgan fingerprint density at radius 1 is 1.28 bits per heavy atom. The molecule has 0 fully saturated rings. The highest BCUT2D eigenvalue weighted by atomic mass is 32.2. The van der Waals surface area contributed by atoms with Crippen molar-refractivity contribution >= 4 is 29.5 Å². The Labute approximate surface area is 113 Å². The van der Waals surface area contributed by atoms with Crippen molar-refractivity contribution in [3.8, 4) is 0 Å². The molecular weight excluding hydrogens is 268 g/mol. The van der Waals surface area contributed by atoms with Crippen LogP contribution in [0.2, 0.25) is 0 Å². The zero-order valence-corrected chi connectivity index (χ0v) is 11.2. The van der Waals surface area contributed by atoms with Crippen LogP contribution in [0.25, 0.3) is 0 Å². The third kappa shape index (κ3) is 2.83. The number of hydrogen-bond acceptors (Lipinski definition) is 5. The molecule has 92 valence electrons. The molecule has 18 heavy (non-hydrogen) atoms. The maximum Gasteiger partial charge on any atom is 0.337 e. The summed E-state index contributed by atoms with van der Waals surface area (Å²) in [6.45, 7) is 0. The van der Waals surface area contributed by atoms with Gasteiger partial charge in [0.15, 0.2) is 0 Å². The summed E-state index contributed by atoms with van der Waals surface area (Å²) in [5, 5.41) is 9.97. The van der Waals surface area contributed by atoms with Crippen LogP contribution in [-0.2, 0) is 0 Å². The molecule has 1 aromatic carbocycles. The number of carboxylic acids is 1. The van der Waals surface area contributed by atoms with Gasteiger partial charge in [-0.25, -0.2) is 9.78 Å². The Morgan fingerprint density at radius 3 is 2.67 bits per heavy atom. The first kappa shape index (κ1) is 12.9. The summed E-state index contributed by atoms with van der Waals surface area (Å²) in [7, 11) is 0. The van der Waals surface area contributed by atoms with Crippen LogP contribution >= 0.6 is 23.5 Å². The summed E-state index contributed by atoms with van der Waals surface area (Å²) in [6, 6.07) is 5.42. The van der Waals surface area contributed by atoms with E-state index in [-0.39, 0.29) is 0 Å². The van der Waals surface area contributed by atoms with Gasteiger partial charge in [-0.1, -0.05) is 17.8 Å². The van der Waals surface area contributed by atoms with Crippen molar-refractivity contribution < 1.29 is 9.90 Å². The summed E-state index contributed by atoms with van der Waals surface area (Å²) in [6.07, 6.45) is 6.64. The van der Waals surface area contributed by atoms with E-state index in [1.165, 1.54) is 23.5 Å². The number of carboxylic acid groups (broad SMARTS) is 1. The predicted octanol–water partition coefficient (Wildman–Crippen LogP) is 3.05. The molecule has 2 aromatic rings. The Morgan fingerprint density at radius 2 is 2.06 bits per heavy atom. The zero-order chi connectivity index (χ0) is 13.0. The second-order valence-electron chi connectivity index (χ2n) is 3.28. The number of aromatic carboxylic acids is 1. The largest absolute Gasteiger partial charge is 0.478 e. The third-order valence-corrected chi connectivity index (χ3v) is 3.94. The van der Waals surface area contributed by atoms with Gasteiger partial charge in [0.1, 0.15) is 5.03 Å². The van der Waals surface area contributed by atoms with Gasteiger partial charge in [0, 0.05) is 22.2 Å². The van der Waals surface area contributed by atoms with E-state index in [0.717, 1.165) is 4.90 Å². The maximum atomic E-state index is 11.3. The molecule has 1 aromatic heterocycles. The molecule has 1 N–H and O–H groups in total. The molecule has 0 spiro atoms. The highest BCUT2D eigenvalue weighted by Crippen LogP contribution is 2.33. The smallest absolute Gasteiger partial charge is 0.337 e. The molecule has 6 heteroatoms. The molecular formula is C12H10N2O2S2. The molecule has 0 amide bonds. The lowest BCUT2D eigenvalue weighted by molar-refractivity contribution is 0.0689. The fourth-order valence-corrected chi connectivity index (χ4v) is 3.01. The molecule has 0 saturated heterocycles. The average molecular weight is 278 g/mol. The molecule has 0 aliphatic rings. The minimum atomic E-state index is -0.925. The topological polar surface area (TPSA) is 63.1 Å². The molecule has 2 rings (SSSR count). The van der Waals surface area contributed by atoms with Crippen LogP contribution in [0.1, 0.15) is 10.4 Å². The van der Waals surface area contributed by atoms with E-state index in [1.54, 1.807) is 30.7 Å². The van der Waals surface area contributed by atoms with Crippen molar-refractivity contribution in [2.24, 2.45) is 0 Å². The van der Waals surface area contributed by atoms with Crippen molar-refractivity contribution in [1.82, 2.24) is 9.97 Å². The van der Waals surface area contributed by atoms with E-state index in [1.807, 2.05) is 12.3 Å². The summed E-state index contributed by atoms with van der Waals surface area (Å²) < 4.78 is 0. The summed E-state index contributed by atoms with van der Waals surface area (Å²) >= 11 is 2.72. The molecule has 1 heterocycles. The first-order valence-corrected chi connectivity index (χ1v) is 7.10. The fraction of sp³-hybridized carbons (Fsp3) is 0.0833. The van der Waals surface area contributed by atoms with Crippen LogP contribution in [-0.4, -0.2) is 27.3 Å². The van der Waals surface area contributed by atoms with E-state index in [0.29, 0.717) is 15.5 Å². The Hall–Kier alpha value is -1.53. The van der Waals surface area contributed by atoms with Crippen LogP contribution in [0.15, 0.2) is 51.6 Å². The molecule has 0 atom stereocenters. The van der Waals surface area contributed by atoms with Crippen molar-refractivity contribution in [2.45, 2.75) is 14.8 Å². The van der Waals surface area contributed by atoms with Crippen molar-refractivity contribution in [3.63, 3.8) is 0 Å². The van der Waals surface area contributed by atoms with Crippen LogP contribution in [0.4, 0.5) is 0 Å². The molecule has 0 aliphatic carbocycles.